The molecule has 0 spiro atoms. The average molecular weight is 464 g/mol. The lowest BCUT2D eigenvalue weighted by Gasteiger charge is -2.33. The fraction of sp³-hybridized carbons (Fsp3) is 0.520. The largest absolute Gasteiger partial charge is 0.379 e. The Morgan fingerprint density at radius 3 is 2.71 bits per heavy atom. The molecule has 0 bridgehead atoms. The number of carbonyl (C=O) groups excluding carboxylic acids is 1. The quantitative estimate of drug-likeness (QED) is 0.599. The van der Waals surface area contributed by atoms with Crippen LogP contribution < -0.4 is 10.2 Å². The molecule has 1 atom stereocenters. The molecule has 180 valence electrons. The summed E-state index contributed by atoms with van der Waals surface area (Å²) in [7, 11) is 0. The Morgan fingerprint density at radius 2 is 1.91 bits per heavy atom. The number of benzene rings is 1. The van der Waals surface area contributed by atoms with Gasteiger partial charge < -0.3 is 15.0 Å². The first kappa shape index (κ1) is 22.7. The van der Waals surface area contributed by atoms with Gasteiger partial charge in [-0.3, -0.25) is 9.69 Å². The number of hydrogen-bond acceptors (Lipinski definition) is 7. The predicted octanol–water partition coefficient (Wildman–Crippen LogP) is 2.10. The first-order valence-electron chi connectivity index (χ1n) is 12.2. The topological polar surface area (TPSA) is 88.4 Å². The third kappa shape index (κ3) is 4.63. The lowest BCUT2D eigenvalue weighted by atomic mass is 9.97. The number of amides is 1. The predicted molar refractivity (Wildman–Crippen MR) is 131 cm³/mol. The van der Waals surface area contributed by atoms with Gasteiger partial charge in [-0.15, -0.1) is 5.10 Å². The van der Waals surface area contributed by atoms with Crippen LogP contribution in [0.4, 0.5) is 5.82 Å². The normalized spacial score (nSPS) is 19.5. The lowest BCUT2D eigenvalue weighted by Crippen LogP contribution is -2.46. The highest BCUT2D eigenvalue weighted by atomic mass is 16.5. The third-order valence-electron chi connectivity index (χ3n) is 6.91. The van der Waals surface area contributed by atoms with Crippen LogP contribution in [0, 0.1) is 19.8 Å². The first-order valence-corrected chi connectivity index (χ1v) is 12.2. The molecule has 0 saturated carbocycles. The van der Waals surface area contributed by atoms with E-state index >= 15 is 0 Å². The van der Waals surface area contributed by atoms with E-state index in [0.29, 0.717) is 13.1 Å². The molecule has 1 N–H and O–H groups in total. The maximum absolute atomic E-state index is 12.9. The summed E-state index contributed by atoms with van der Waals surface area (Å²) in [6.07, 6.45) is 1.83. The Hall–Kier alpha value is -3.04. The SMILES string of the molecule is Cc1nnc(N2CCCC(C(=O)NCCN3CCOCC3)C2)c2nn(-c3ccccc3)c(C)c12. The molecule has 0 radical (unpaired) electrons. The second kappa shape index (κ2) is 10.1. The average Bonchev–Trinajstić information content (AvgIpc) is 3.23. The summed E-state index contributed by atoms with van der Waals surface area (Å²) in [5.41, 5.74) is 3.78. The number of fused-ring (bicyclic) bond motifs is 1. The summed E-state index contributed by atoms with van der Waals surface area (Å²) in [5.74, 6) is 0.832. The van der Waals surface area contributed by atoms with Crippen molar-refractivity contribution in [2.24, 2.45) is 5.92 Å². The van der Waals surface area contributed by atoms with Crippen molar-refractivity contribution in [1.82, 2.24) is 30.2 Å². The Bertz CT molecular complexity index is 1140. The zero-order valence-electron chi connectivity index (χ0n) is 20.0. The molecule has 2 aliphatic rings. The van der Waals surface area contributed by atoms with E-state index in [1.165, 1.54) is 0 Å². The number of ether oxygens (including phenoxy) is 1. The van der Waals surface area contributed by atoms with Crippen LogP contribution in [0.1, 0.15) is 24.2 Å². The van der Waals surface area contributed by atoms with Crippen LogP contribution in [0.15, 0.2) is 30.3 Å². The van der Waals surface area contributed by atoms with Crippen molar-refractivity contribution in [2.75, 3.05) is 57.4 Å². The van der Waals surface area contributed by atoms with Crippen molar-refractivity contribution in [1.29, 1.82) is 0 Å². The summed E-state index contributed by atoms with van der Waals surface area (Å²) < 4.78 is 7.36. The van der Waals surface area contributed by atoms with Gasteiger partial charge >= 0.3 is 0 Å². The van der Waals surface area contributed by atoms with Crippen LogP contribution in [0.25, 0.3) is 16.6 Å². The van der Waals surface area contributed by atoms with Gasteiger partial charge in [0.1, 0.15) is 5.52 Å². The Balaban J connectivity index is 1.32. The van der Waals surface area contributed by atoms with Crippen molar-refractivity contribution in [3.8, 4) is 5.69 Å². The number of piperidine rings is 1. The van der Waals surface area contributed by atoms with Gasteiger partial charge in [-0.05, 0) is 38.8 Å². The van der Waals surface area contributed by atoms with Gasteiger partial charge in [0.25, 0.3) is 0 Å². The van der Waals surface area contributed by atoms with Crippen molar-refractivity contribution < 1.29 is 9.53 Å². The summed E-state index contributed by atoms with van der Waals surface area (Å²) in [6.45, 7) is 10.5. The number of anilines is 1. The van der Waals surface area contributed by atoms with Crippen LogP contribution in [0.3, 0.4) is 0 Å². The van der Waals surface area contributed by atoms with Gasteiger partial charge in [-0.1, -0.05) is 18.2 Å². The molecule has 2 saturated heterocycles. The standard InChI is InChI=1S/C25H33N7O2/c1-18-22-19(2)32(21-8-4-3-5-9-21)29-23(22)24(28-27-18)31-11-6-7-20(17-31)25(33)26-10-12-30-13-15-34-16-14-30/h3-5,8-9,20H,6-7,10-17H2,1-2H3,(H,26,33). The molecule has 34 heavy (non-hydrogen) atoms. The maximum Gasteiger partial charge on any atom is 0.224 e. The van der Waals surface area contributed by atoms with Crippen molar-refractivity contribution in [2.45, 2.75) is 26.7 Å². The van der Waals surface area contributed by atoms with Gasteiger partial charge in [-0.2, -0.15) is 10.2 Å². The number of rotatable bonds is 6. The highest BCUT2D eigenvalue weighted by molar-refractivity contribution is 5.92. The van der Waals surface area contributed by atoms with Crippen molar-refractivity contribution in [3.63, 3.8) is 0 Å². The third-order valence-corrected chi connectivity index (χ3v) is 6.91. The van der Waals surface area contributed by atoms with E-state index in [0.717, 1.165) is 86.0 Å². The molecule has 3 aromatic rings. The van der Waals surface area contributed by atoms with E-state index < -0.39 is 0 Å². The zero-order valence-corrected chi connectivity index (χ0v) is 20.0. The van der Waals surface area contributed by atoms with E-state index in [9.17, 15) is 4.79 Å². The number of morpholine rings is 1. The molecule has 1 unspecified atom stereocenters. The van der Waals surface area contributed by atoms with E-state index in [4.69, 9.17) is 9.84 Å². The fourth-order valence-electron chi connectivity index (χ4n) is 5.04. The molecule has 9 heteroatoms. The number of nitrogens with zero attached hydrogens (tertiary/aromatic N) is 6. The Labute approximate surface area is 200 Å². The highest BCUT2D eigenvalue weighted by Gasteiger charge is 2.29. The molecule has 1 aromatic carbocycles. The summed E-state index contributed by atoms with van der Waals surface area (Å²) >= 11 is 0. The molecule has 4 heterocycles. The number of carbonyl (C=O) groups is 1. The van der Waals surface area contributed by atoms with Crippen LogP contribution >= 0.6 is 0 Å². The molecule has 0 aliphatic carbocycles. The molecule has 9 nitrogen and oxygen atoms in total. The summed E-state index contributed by atoms with van der Waals surface area (Å²) in [4.78, 5) is 17.5. The second-order valence-corrected chi connectivity index (χ2v) is 9.20. The van der Waals surface area contributed by atoms with Crippen LogP contribution in [-0.2, 0) is 9.53 Å². The maximum atomic E-state index is 12.9. The molecule has 1 amide bonds. The smallest absolute Gasteiger partial charge is 0.224 e. The molecule has 2 fully saturated rings. The Morgan fingerprint density at radius 1 is 1.12 bits per heavy atom. The number of hydrogen-bond donors (Lipinski definition) is 1. The van der Waals surface area contributed by atoms with Crippen LogP contribution in [-0.4, -0.2) is 83.3 Å². The van der Waals surface area contributed by atoms with Gasteiger partial charge in [-0.25, -0.2) is 4.68 Å². The number of aromatic nitrogens is 4. The summed E-state index contributed by atoms with van der Waals surface area (Å²) in [5, 5.41) is 18.1. The monoisotopic (exact) mass is 463 g/mol. The van der Waals surface area contributed by atoms with E-state index in [2.05, 4.69) is 32.2 Å². The van der Waals surface area contributed by atoms with Gasteiger partial charge in [0.15, 0.2) is 5.82 Å². The van der Waals surface area contributed by atoms with E-state index in [-0.39, 0.29) is 11.8 Å². The summed E-state index contributed by atoms with van der Waals surface area (Å²) in [6, 6.07) is 10.1. The minimum atomic E-state index is -0.0612. The number of nitrogens with one attached hydrogen (secondary N) is 1. The van der Waals surface area contributed by atoms with Gasteiger partial charge in [0, 0.05) is 39.3 Å². The molecular weight excluding hydrogens is 430 g/mol. The second-order valence-electron chi connectivity index (χ2n) is 9.20. The van der Waals surface area contributed by atoms with Crippen molar-refractivity contribution in [3.05, 3.63) is 41.7 Å². The fourth-order valence-corrected chi connectivity index (χ4v) is 5.04. The van der Waals surface area contributed by atoms with Crippen LogP contribution in [0.5, 0.6) is 0 Å². The number of aryl methyl sites for hydroxylation is 2. The molecule has 5 rings (SSSR count). The minimum Gasteiger partial charge on any atom is -0.379 e. The van der Waals surface area contributed by atoms with Gasteiger partial charge in [0.2, 0.25) is 5.91 Å². The van der Waals surface area contributed by atoms with Crippen LogP contribution in [0.2, 0.25) is 0 Å². The number of para-hydroxylation sites is 1. The van der Waals surface area contributed by atoms with Gasteiger partial charge in [0.05, 0.1) is 41.6 Å². The Kier molecular flexibility index (Phi) is 6.73. The highest BCUT2D eigenvalue weighted by Crippen LogP contribution is 2.31. The molecular formula is C25H33N7O2. The van der Waals surface area contributed by atoms with E-state index in [1.54, 1.807) is 0 Å². The molecule has 2 aliphatic heterocycles. The first-order chi connectivity index (χ1) is 16.6. The van der Waals surface area contributed by atoms with Crippen molar-refractivity contribution >= 4 is 22.6 Å². The molecule has 2 aromatic heterocycles. The minimum absolute atomic E-state index is 0.0612. The lowest BCUT2D eigenvalue weighted by molar-refractivity contribution is -0.125. The van der Waals surface area contributed by atoms with E-state index in [1.807, 2.05) is 41.9 Å². The zero-order chi connectivity index (χ0) is 23.5.